The van der Waals surface area contributed by atoms with Gasteiger partial charge in [-0.2, -0.15) is 18.3 Å². The van der Waals surface area contributed by atoms with Crippen LogP contribution < -0.4 is 10.9 Å². The molecule has 3 N–H and O–H groups in total. The van der Waals surface area contributed by atoms with Crippen LogP contribution in [0.3, 0.4) is 0 Å². The molecule has 88 valence electrons. The van der Waals surface area contributed by atoms with Crippen molar-refractivity contribution >= 4 is 11.9 Å². The molecule has 1 rings (SSSR count). The predicted octanol–water partition coefficient (Wildman–Crippen LogP) is 1.24. The molecule has 0 aliphatic carbocycles. The zero-order valence-corrected chi connectivity index (χ0v) is 8.22. The molecular formula is C8H9F3N4O. The molecule has 0 fully saturated rings. The number of aromatic amines is 1. The summed E-state index contributed by atoms with van der Waals surface area (Å²) >= 11 is 0. The average Bonchev–Trinajstić information content (AvgIpc) is 2.15. The summed E-state index contributed by atoms with van der Waals surface area (Å²) in [5.41, 5.74) is -3.09. The first-order valence-corrected chi connectivity index (χ1v) is 4.28. The SMILES string of the molecule is CC(C=N)Nc1cn[nH]c(=O)c1C(F)(F)F. The Labute approximate surface area is 88.2 Å². The molecule has 0 aliphatic heterocycles. The van der Waals surface area contributed by atoms with Gasteiger partial charge in [0.15, 0.2) is 0 Å². The fraction of sp³-hybridized carbons (Fsp3) is 0.375. The maximum absolute atomic E-state index is 12.5. The smallest absolute Gasteiger partial charge is 0.376 e. The maximum Gasteiger partial charge on any atom is 0.423 e. The van der Waals surface area contributed by atoms with Gasteiger partial charge in [-0.15, -0.1) is 0 Å². The van der Waals surface area contributed by atoms with Gasteiger partial charge in [0.1, 0.15) is 5.56 Å². The zero-order chi connectivity index (χ0) is 12.3. The molecule has 0 amide bonds. The summed E-state index contributed by atoms with van der Waals surface area (Å²) < 4.78 is 37.6. The Kier molecular flexibility index (Phi) is 3.31. The van der Waals surface area contributed by atoms with Crippen LogP contribution in [0.15, 0.2) is 11.0 Å². The fourth-order valence-corrected chi connectivity index (χ4v) is 1.08. The fourth-order valence-electron chi connectivity index (χ4n) is 1.08. The summed E-state index contributed by atoms with van der Waals surface area (Å²) in [5.74, 6) is 0. The summed E-state index contributed by atoms with van der Waals surface area (Å²) in [6, 6.07) is -0.621. The van der Waals surface area contributed by atoms with Crippen molar-refractivity contribution in [1.82, 2.24) is 10.2 Å². The molecule has 0 saturated carbocycles. The molecule has 1 unspecified atom stereocenters. The first-order valence-electron chi connectivity index (χ1n) is 4.28. The van der Waals surface area contributed by atoms with Gasteiger partial charge in [-0.05, 0) is 6.92 Å². The molecule has 0 saturated heterocycles. The van der Waals surface area contributed by atoms with Crippen LogP contribution in [-0.2, 0) is 6.18 Å². The molecule has 0 spiro atoms. The van der Waals surface area contributed by atoms with Gasteiger partial charge in [-0.25, -0.2) is 5.10 Å². The van der Waals surface area contributed by atoms with Gasteiger partial charge in [-0.1, -0.05) is 0 Å². The van der Waals surface area contributed by atoms with Crippen molar-refractivity contribution in [2.75, 3.05) is 5.32 Å². The number of nitrogens with zero attached hydrogens (tertiary/aromatic N) is 1. The quantitative estimate of drug-likeness (QED) is 0.688. The van der Waals surface area contributed by atoms with Crippen molar-refractivity contribution in [2.45, 2.75) is 19.1 Å². The van der Waals surface area contributed by atoms with Gasteiger partial charge in [0.05, 0.1) is 17.9 Å². The summed E-state index contributed by atoms with van der Waals surface area (Å²) in [5, 5.41) is 14.2. The number of halogens is 3. The van der Waals surface area contributed by atoms with E-state index in [1.165, 1.54) is 6.92 Å². The lowest BCUT2D eigenvalue weighted by atomic mass is 10.2. The Morgan fingerprint density at radius 2 is 2.25 bits per heavy atom. The molecule has 1 aromatic rings. The largest absolute Gasteiger partial charge is 0.423 e. The third-order valence-electron chi connectivity index (χ3n) is 1.77. The monoisotopic (exact) mass is 234 g/mol. The van der Waals surface area contributed by atoms with Crippen molar-refractivity contribution in [2.24, 2.45) is 0 Å². The minimum atomic E-state index is -4.76. The molecule has 0 radical (unpaired) electrons. The van der Waals surface area contributed by atoms with E-state index in [-0.39, 0.29) is 0 Å². The van der Waals surface area contributed by atoms with E-state index < -0.39 is 29.0 Å². The van der Waals surface area contributed by atoms with Crippen molar-refractivity contribution in [3.63, 3.8) is 0 Å². The Morgan fingerprint density at radius 3 is 2.75 bits per heavy atom. The Morgan fingerprint density at radius 1 is 1.62 bits per heavy atom. The molecule has 0 aliphatic rings. The van der Waals surface area contributed by atoms with Crippen LogP contribution in [0.25, 0.3) is 0 Å². The van der Waals surface area contributed by atoms with E-state index in [9.17, 15) is 18.0 Å². The highest BCUT2D eigenvalue weighted by molar-refractivity contribution is 5.66. The van der Waals surface area contributed by atoms with Gasteiger partial charge in [-0.3, -0.25) is 4.79 Å². The number of hydrogen-bond acceptors (Lipinski definition) is 4. The number of nitrogens with one attached hydrogen (secondary N) is 3. The van der Waals surface area contributed by atoms with Crippen LogP contribution in [-0.4, -0.2) is 22.5 Å². The minimum Gasteiger partial charge on any atom is -0.376 e. The Bertz CT molecular complexity index is 440. The van der Waals surface area contributed by atoms with Gasteiger partial charge >= 0.3 is 6.18 Å². The van der Waals surface area contributed by atoms with Gasteiger partial charge in [0.2, 0.25) is 0 Å². The average molecular weight is 234 g/mol. The topological polar surface area (TPSA) is 81.6 Å². The number of alkyl halides is 3. The van der Waals surface area contributed by atoms with Gasteiger partial charge in [0, 0.05) is 6.21 Å². The predicted molar refractivity (Wildman–Crippen MR) is 51.7 cm³/mol. The van der Waals surface area contributed by atoms with Crippen LogP contribution in [0, 0.1) is 5.41 Å². The summed E-state index contributed by atoms with van der Waals surface area (Å²) in [7, 11) is 0. The van der Waals surface area contributed by atoms with Crippen LogP contribution in [0.2, 0.25) is 0 Å². The zero-order valence-electron chi connectivity index (χ0n) is 8.22. The highest BCUT2D eigenvalue weighted by Gasteiger charge is 2.37. The number of H-pyrrole nitrogens is 1. The summed E-state index contributed by atoms with van der Waals surface area (Å²) in [4.78, 5) is 11.0. The lowest BCUT2D eigenvalue weighted by molar-refractivity contribution is -0.138. The van der Waals surface area contributed by atoms with Crippen LogP contribution >= 0.6 is 0 Å². The van der Waals surface area contributed by atoms with E-state index in [2.05, 4.69) is 10.4 Å². The number of anilines is 1. The second-order valence-corrected chi connectivity index (χ2v) is 3.09. The van der Waals surface area contributed by atoms with Gasteiger partial charge in [0.25, 0.3) is 5.56 Å². The number of aromatic nitrogens is 2. The lowest BCUT2D eigenvalue weighted by Gasteiger charge is -2.14. The van der Waals surface area contributed by atoms with Crippen molar-refractivity contribution < 1.29 is 13.2 Å². The Hall–Kier alpha value is -1.86. The van der Waals surface area contributed by atoms with E-state index >= 15 is 0 Å². The second kappa shape index (κ2) is 4.33. The third kappa shape index (κ3) is 2.59. The van der Waals surface area contributed by atoms with Crippen LogP contribution in [0.1, 0.15) is 12.5 Å². The third-order valence-corrected chi connectivity index (χ3v) is 1.77. The van der Waals surface area contributed by atoms with Gasteiger partial charge < -0.3 is 10.7 Å². The molecule has 1 heterocycles. The summed E-state index contributed by atoms with van der Waals surface area (Å²) in [6.45, 7) is 1.48. The number of rotatable bonds is 3. The molecule has 0 bridgehead atoms. The van der Waals surface area contributed by atoms with E-state index in [0.29, 0.717) is 0 Å². The van der Waals surface area contributed by atoms with E-state index in [1.807, 2.05) is 0 Å². The van der Waals surface area contributed by atoms with Crippen molar-refractivity contribution in [3.8, 4) is 0 Å². The molecule has 5 nitrogen and oxygen atoms in total. The van der Waals surface area contributed by atoms with E-state index in [1.54, 1.807) is 5.10 Å². The molecule has 16 heavy (non-hydrogen) atoms. The second-order valence-electron chi connectivity index (χ2n) is 3.09. The number of hydrogen-bond donors (Lipinski definition) is 3. The summed E-state index contributed by atoms with van der Waals surface area (Å²) in [6.07, 6.45) is -2.98. The molecule has 0 aromatic carbocycles. The minimum absolute atomic E-state index is 0.438. The Balaban J connectivity index is 3.24. The molecule has 1 atom stereocenters. The van der Waals surface area contributed by atoms with E-state index in [4.69, 9.17) is 5.41 Å². The van der Waals surface area contributed by atoms with Crippen molar-refractivity contribution in [3.05, 3.63) is 22.1 Å². The van der Waals surface area contributed by atoms with E-state index in [0.717, 1.165) is 12.4 Å². The van der Waals surface area contributed by atoms with Crippen molar-refractivity contribution in [1.29, 1.82) is 5.41 Å². The van der Waals surface area contributed by atoms with Crippen LogP contribution in [0.4, 0.5) is 18.9 Å². The molecule has 8 heteroatoms. The standard InChI is InChI=1S/C8H9F3N4O/c1-4(2-12)14-5-3-13-15-7(16)6(5)8(9,10)11/h2-4,12H,1H3,(H2,14,15,16). The van der Waals surface area contributed by atoms with Crippen LogP contribution in [0.5, 0.6) is 0 Å². The molecule has 1 aromatic heterocycles. The highest BCUT2D eigenvalue weighted by Crippen LogP contribution is 2.31. The maximum atomic E-state index is 12.5. The lowest BCUT2D eigenvalue weighted by Crippen LogP contribution is -2.27. The normalized spacial score (nSPS) is 13.2. The molecular weight excluding hydrogens is 225 g/mol. The highest BCUT2D eigenvalue weighted by atomic mass is 19.4. The first kappa shape index (κ1) is 12.2. The first-order chi connectivity index (χ1) is 7.36.